The smallest absolute Gasteiger partial charge is 0.133 e. The summed E-state index contributed by atoms with van der Waals surface area (Å²) in [6.07, 6.45) is 8.81. The van der Waals surface area contributed by atoms with Crippen molar-refractivity contribution >= 4 is 5.78 Å². The van der Waals surface area contributed by atoms with E-state index in [9.17, 15) is 9.90 Å². The molecule has 2 nitrogen and oxygen atoms in total. The van der Waals surface area contributed by atoms with E-state index in [1.54, 1.807) is 0 Å². The summed E-state index contributed by atoms with van der Waals surface area (Å²) >= 11 is 0. The predicted molar refractivity (Wildman–Crippen MR) is 87.3 cm³/mol. The number of ketones is 1. The molecule has 0 aromatic rings. The first kappa shape index (κ1) is 15.2. The molecule has 1 N–H and O–H groups in total. The Morgan fingerprint density at radius 3 is 2.50 bits per heavy atom. The van der Waals surface area contributed by atoms with E-state index in [0.29, 0.717) is 11.7 Å². The van der Waals surface area contributed by atoms with E-state index in [0.717, 1.165) is 55.3 Å². The van der Waals surface area contributed by atoms with Crippen LogP contribution in [-0.4, -0.2) is 16.5 Å². The van der Waals surface area contributed by atoms with E-state index in [2.05, 4.69) is 20.8 Å². The van der Waals surface area contributed by atoms with E-state index in [1.165, 1.54) is 25.7 Å². The standard InChI is InChI=1S/C20H32O2/c1-12-10-13(21)4-5-14-15-6-8-19(2)18(7-9-20(19,3)22)17(15)11-16(12)14/h12,14-18,22H,4-11H2,1-3H3/t12-,14-,15+,16+,17-,18+,19+,20+/m1/s1. The molecule has 0 amide bonds. The molecule has 0 spiro atoms. The lowest BCUT2D eigenvalue weighted by Gasteiger charge is -2.50. The van der Waals surface area contributed by atoms with Crippen LogP contribution < -0.4 is 0 Å². The Kier molecular flexibility index (Phi) is 3.32. The van der Waals surface area contributed by atoms with Crippen LogP contribution in [0.2, 0.25) is 0 Å². The van der Waals surface area contributed by atoms with Crippen molar-refractivity contribution in [3.05, 3.63) is 0 Å². The van der Waals surface area contributed by atoms with Gasteiger partial charge >= 0.3 is 0 Å². The number of rotatable bonds is 0. The van der Waals surface area contributed by atoms with Gasteiger partial charge in [-0.25, -0.2) is 0 Å². The summed E-state index contributed by atoms with van der Waals surface area (Å²) in [5, 5.41) is 10.9. The van der Waals surface area contributed by atoms with Crippen molar-refractivity contribution in [1.29, 1.82) is 0 Å². The van der Waals surface area contributed by atoms with Gasteiger partial charge in [0.05, 0.1) is 5.60 Å². The summed E-state index contributed by atoms with van der Waals surface area (Å²) in [6.45, 7) is 6.77. The minimum atomic E-state index is -0.463. The lowest BCUT2D eigenvalue weighted by molar-refractivity contribution is -0.119. The molecule has 0 aromatic carbocycles. The SMILES string of the molecule is C[C@@H]1CC(=O)CC[C@@H]2[C@@H]3CC[C@@]4(C)[C@@H](CC[C@]4(C)O)[C@@H]3C[C@H]21. The van der Waals surface area contributed by atoms with Crippen LogP contribution in [0.25, 0.3) is 0 Å². The molecule has 0 saturated heterocycles. The monoisotopic (exact) mass is 304 g/mol. The van der Waals surface area contributed by atoms with Gasteiger partial charge < -0.3 is 5.11 Å². The predicted octanol–water partition coefficient (Wildman–Crippen LogP) is 4.21. The van der Waals surface area contributed by atoms with E-state index in [-0.39, 0.29) is 5.41 Å². The molecule has 22 heavy (non-hydrogen) atoms. The highest BCUT2D eigenvalue weighted by Crippen LogP contribution is 2.66. The molecule has 0 unspecified atom stereocenters. The molecule has 0 aromatic heterocycles. The van der Waals surface area contributed by atoms with Crippen LogP contribution in [0.5, 0.6) is 0 Å². The van der Waals surface area contributed by atoms with Gasteiger partial charge in [0.2, 0.25) is 0 Å². The van der Waals surface area contributed by atoms with Crippen LogP contribution in [0.15, 0.2) is 0 Å². The minimum absolute atomic E-state index is 0.136. The third-order valence-corrected chi connectivity index (χ3v) is 8.74. The highest BCUT2D eigenvalue weighted by atomic mass is 16.3. The maximum atomic E-state index is 12.0. The molecule has 4 fully saturated rings. The summed E-state index contributed by atoms with van der Waals surface area (Å²) in [7, 11) is 0. The van der Waals surface area contributed by atoms with Gasteiger partial charge in [-0.3, -0.25) is 4.79 Å². The number of aliphatic hydroxyl groups is 1. The Hall–Kier alpha value is -0.370. The molecule has 0 radical (unpaired) electrons. The van der Waals surface area contributed by atoms with Crippen molar-refractivity contribution in [3.63, 3.8) is 0 Å². The van der Waals surface area contributed by atoms with Crippen molar-refractivity contribution in [2.24, 2.45) is 40.9 Å². The van der Waals surface area contributed by atoms with Crippen LogP contribution >= 0.6 is 0 Å². The van der Waals surface area contributed by atoms with Crippen molar-refractivity contribution in [3.8, 4) is 0 Å². The van der Waals surface area contributed by atoms with Gasteiger partial charge in [0.15, 0.2) is 0 Å². The van der Waals surface area contributed by atoms with E-state index in [1.807, 2.05) is 0 Å². The van der Waals surface area contributed by atoms with Crippen LogP contribution in [-0.2, 0) is 4.79 Å². The third-order valence-electron chi connectivity index (χ3n) is 8.74. The number of hydrogen-bond donors (Lipinski definition) is 1. The Balaban J connectivity index is 1.62. The lowest BCUT2D eigenvalue weighted by atomic mass is 9.57. The fraction of sp³-hybridized carbons (Fsp3) is 0.950. The molecule has 124 valence electrons. The molecule has 0 aliphatic heterocycles. The number of carbonyl (C=O) groups is 1. The zero-order valence-electron chi connectivity index (χ0n) is 14.5. The molecule has 0 bridgehead atoms. The van der Waals surface area contributed by atoms with Gasteiger partial charge in [0.25, 0.3) is 0 Å². The fourth-order valence-corrected chi connectivity index (χ4v) is 7.26. The van der Waals surface area contributed by atoms with E-state index < -0.39 is 5.60 Å². The van der Waals surface area contributed by atoms with E-state index >= 15 is 0 Å². The Labute approximate surface area is 135 Å². The summed E-state index contributed by atoms with van der Waals surface area (Å²) in [5.74, 6) is 5.03. The Morgan fingerprint density at radius 1 is 1.00 bits per heavy atom. The summed E-state index contributed by atoms with van der Waals surface area (Å²) in [6, 6.07) is 0. The largest absolute Gasteiger partial charge is 0.390 e. The summed E-state index contributed by atoms with van der Waals surface area (Å²) < 4.78 is 0. The quantitative estimate of drug-likeness (QED) is 0.728. The van der Waals surface area contributed by atoms with Gasteiger partial charge in [-0.1, -0.05) is 13.8 Å². The van der Waals surface area contributed by atoms with Crippen LogP contribution in [0.1, 0.15) is 72.1 Å². The Morgan fingerprint density at radius 2 is 1.73 bits per heavy atom. The second-order valence-corrected chi connectivity index (χ2v) is 9.53. The third kappa shape index (κ3) is 1.92. The molecule has 4 aliphatic rings. The second-order valence-electron chi connectivity index (χ2n) is 9.53. The van der Waals surface area contributed by atoms with Gasteiger partial charge in [-0.05, 0) is 86.4 Å². The number of carbonyl (C=O) groups excluding carboxylic acids is 1. The molecular weight excluding hydrogens is 272 g/mol. The van der Waals surface area contributed by atoms with Crippen molar-refractivity contribution in [1.82, 2.24) is 0 Å². The summed E-state index contributed by atoms with van der Waals surface area (Å²) in [5.41, 5.74) is -0.328. The average molecular weight is 304 g/mol. The minimum Gasteiger partial charge on any atom is -0.390 e. The first-order valence-electron chi connectivity index (χ1n) is 9.57. The zero-order chi connectivity index (χ0) is 15.7. The second kappa shape index (κ2) is 4.82. The van der Waals surface area contributed by atoms with E-state index in [4.69, 9.17) is 0 Å². The molecular formula is C20H32O2. The van der Waals surface area contributed by atoms with Crippen LogP contribution in [0.3, 0.4) is 0 Å². The van der Waals surface area contributed by atoms with Crippen molar-refractivity contribution < 1.29 is 9.90 Å². The first-order chi connectivity index (χ1) is 10.3. The van der Waals surface area contributed by atoms with Gasteiger partial charge in [0.1, 0.15) is 5.78 Å². The highest BCUT2D eigenvalue weighted by molar-refractivity contribution is 5.78. The summed E-state index contributed by atoms with van der Waals surface area (Å²) in [4.78, 5) is 12.0. The fourth-order valence-electron chi connectivity index (χ4n) is 7.26. The lowest BCUT2D eigenvalue weighted by Crippen LogP contribution is -2.48. The van der Waals surface area contributed by atoms with Gasteiger partial charge in [-0.2, -0.15) is 0 Å². The number of fused-ring (bicyclic) bond motifs is 5. The maximum absolute atomic E-state index is 12.0. The molecule has 0 heterocycles. The molecule has 4 saturated carbocycles. The highest BCUT2D eigenvalue weighted by Gasteiger charge is 2.62. The van der Waals surface area contributed by atoms with Crippen molar-refractivity contribution in [2.75, 3.05) is 0 Å². The van der Waals surface area contributed by atoms with Crippen LogP contribution in [0.4, 0.5) is 0 Å². The van der Waals surface area contributed by atoms with Gasteiger partial charge in [-0.15, -0.1) is 0 Å². The number of Topliss-reactive ketones (excluding diaryl/α,β-unsaturated/α-hetero) is 1. The topological polar surface area (TPSA) is 37.3 Å². The van der Waals surface area contributed by atoms with Gasteiger partial charge in [0, 0.05) is 12.8 Å². The van der Waals surface area contributed by atoms with Crippen molar-refractivity contribution in [2.45, 2.75) is 77.7 Å². The van der Waals surface area contributed by atoms with Crippen LogP contribution in [0, 0.1) is 40.9 Å². The molecule has 2 heteroatoms. The maximum Gasteiger partial charge on any atom is 0.133 e. The normalized spacial score (nSPS) is 57.9. The zero-order valence-corrected chi connectivity index (χ0v) is 14.5. The first-order valence-corrected chi connectivity index (χ1v) is 9.57. The number of hydrogen-bond acceptors (Lipinski definition) is 2. The average Bonchev–Trinajstić information content (AvgIpc) is 2.87. The molecule has 8 atom stereocenters. The molecule has 4 rings (SSSR count). The Bertz CT molecular complexity index is 482. The molecule has 4 aliphatic carbocycles.